The summed E-state index contributed by atoms with van der Waals surface area (Å²) in [5, 5.41) is 3.30. The Hall–Kier alpha value is -1.26. The number of nitrogens with one attached hydrogen (secondary N) is 1. The largest absolute Gasteiger partial charge is 0.314 e. The quantitative estimate of drug-likeness (QED) is 0.606. The number of aryl methyl sites for hydroxylation is 1. The molecule has 4 heteroatoms. The van der Waals surface area contributed by atoms with Gasteiger partial charge in [-0.15, -0.1) is 6.58 Å². The molecule has 1 atom stereocenters. The summed E-state index contributed by atoms with van der Waals surface area (Å²) in [5.41, 5.74) is 0.767. The summed E-state index contributed by atoms with van der Waals surface area (Å²) in [7, 11) is 0. The van der Waals surface area contributed by atoms with Gasteiger partial charge in [0.05, 0.1) is 0 Å². The molecule has 1 fully saturated rings. The third-order valence-electron chi connectivity index (χ3n) is 4.38. The maximum absolute atomic E-state index is 14.5. The van der Waals surface area contributed by atoms with Crippen LogP contribution in [0.1, 0.15) is 42.9 Å². The summed E-state index contributed by atoms with van der Waals surface area (Å²) in [4.78, 5) is 2.21. The van der Waals surface area contributed by atoms with Gasteiger partial charge < -0.3 is 5.32 Å². The minimum absolute atomic E-state index is 0.174. The Morgan fingerprint density at radius 2 is 2.00 bits per heavy atom. The molecule has 0 amide bonds. The van der Waals surface area contributed by atoms with Crippen molar-refractivity contribution >= 4 is 0 Å². The molecule has 0 saturated carbocycles. The summed E-state index contributed by atoms with van der Waals surface area (Å²) in [6.07, 6.45) is 5.60. The van der Waals surface area contributed by atoms with Gasteiger partial charge in [-0.2, -0.15) is 0 Å². The number of halogens is 2. The van der Waals surface area contributed by atoms with Crippen LogP contribution in [0.5, 0.6) is 0 Å². The Morgan fingerprint density at radius 3 is 2.68 bits per heavy atom. The van der Waals surface area contributed by atoms with Gasteiger partial charge in [-0.1, -0.05) is 18.6 Å². The molecule has 0 unspecified atom stereocenters. The Labute approximate surface area is 132 Å². The van der Waals surface area contributed by atoms with Crippen molar-refractivity contribution in [2.45, 2.75) is 38.6 Å². The lowest BCUT2D eigenvalue weighted by molar-refractivity contribution is 0.156. The van der Waals surface area contributed by atoms with Crippen LogP contribution in [0.15, 0.2) is 24.8 Å². The van der Waals surface area contributed by atoms with E-state index in [9.17, 15) is 8.78 Å². The van der Waals surface area contributed by atoms with Crippen LogP contribution in [-0.2, 0) is 0 Å². The van der Waals surface area contributed by atoms with Gasteiger partial charge in [0.1, 0.15) is 11.6 Å². The second-order valence-electron chi connectivity index (χ2n) is 5.97. The molecule has 1 saturated heterocycles. The maximum atomic E-state index is 14.5. The number of unbranched alkanes of at least 4 members (excludes halogenated alkanes) is 2. The van der Waals surface area contributed by atoms with Crippen LogP contribution < -0.4 is 5.32 Å². The fourth-order valence-corrected chi connectivity index (χ4v) is 3.11. The lowest BCUT2D eigenvalue weighted by atomic mass is 9.95. The lowest BCUT2D eigenvalue weighted by Gasteiger charge is -2.35. The van der Waals surface area contributed by atoms with Crippen LogP contribution >= 0.6 is 0 Å². The van der Waals surface area contributed by atoms with E-state index < -0.39 is 5.82 Å². The van der Waals surface area contributed by atoms with E-state index >= 15 is 0 Å². The van der Waals surface area contributed by atoms with Crippen LogP contribution in [0.2, 0.25) is 0 Å². The molecule has 0 spiro atoms. The molecule has 2 rings (SSSR count). The Morgan fingerprint density at radius 1 is 1.27 bits per heavy atom. The molecule has 1 aliphatic heterocycles. The highest BCUT2D eigenvalue weighted by Crippen LogP contribution is 2.32. The van der Waals surface area contributed by atoms with E-state index in [0.29, 0.717) is 5.56 Å². The molecule has 2 nitrogen and oxygen atoms in total. The first kappa shape index (κ1) is 17.1. The molecular weight excluding hydrogens is 282 g/mol. The standard InChI is InChI=1S/C18H26F2N2/c1-3-4-5-6-7-16(22-12-10-21-11-13-22)17-15(19)9-8-14(2)18(17)20/h3,8-9,16,21H,1,4-7,10-13H2,2H3/t16-/m0/s1. The molecule has 0 aromatic heterocycles. The molecule has 1 N–H and O–H groups in total. The second kappa shape index (κ2) is 8.39. The van der Waals surface area contributed by atoms with Gasteiger partial charge in [0, 0.05) is 37.8 Å². The van der Waals surface area contributed by atoms with E-state index in [1.54, 1.807) is 6.92 Å². The fourth-order valence-electron chi connectivity index (χ4n) is 3.11. The average molecular weight is 308 g/mol. The minimum Gasteiger partial charge on any atom is -0.314 e. The van der Waals surface area contributed by atoms with Gasteiger partial charge in [0.25, 0.3) is 0 Å². The van der Waals surface area contributed by atoms with Crippen molar-refractivity contribution in [3.63, 3.8) is 0 Å². The van der Waals surface area contributed by atoms with E-state index in [2.05, 4.69) is 16.8 Å². The van der Waals surface area contributed by atoms with Gasteiger partial charge in [-0.25, -0.2) is 8.78 Å². The monoisotopic (exact) mass is 308 g/mol. The molecule has 0 bridgehead atoms. The van der Waals surface area contributed by atoms with E-state index in [1.165, 1.54) is 12.1 Å². The third kappa shape index (κ3) is 4.14. The molecule has 0 aliphatic carbocycles. The van der Waals surface area contributed by atoms with Crippen molar-refractivity contribution in [1.29, 1.82) is 0 Å². The number of piperazine rings is 1. The summed E-state index contributed by atoms with van der Waals surface area (Å²) in [6, 6.07) is 2.74. The first-order valence-corrected chi connectivity index (χ1v) is 8.15. The number of hydrogen-bond acceptors (Lipinski definition) is 2. The predicted molar refractivity (Wildman–Crippen MR) is 86.9 cm³/mol. The lowest BCUT2D eigenvalue weighted by Crippen LogP contribution is -2.45. The van der Waals surface area contributed by atoms with Crippen molar-refractivity contribution in [3.05, 3.63) is 47.5 Å². The molecule has 1 aliphatic rings. The van der Waals surface area contributed by atoms with Crippen molar-refractivity contribution < 1.29 is 8.78 Å². The Bertz CT molecular complexity index is 496. The topological polar surface area (TPSA) is 15.3 Å². The average Bonchev–Trinajstić information content (AvgIpc) is 2.54. The Balaban J connectivity index is 2.22. The molecule has 122 valence electrons. The zero-order valence-corrected chi connectivity index (χ0v) is 13.4. The smallest absolute Gasteiger partial charge is 0.133 e. The first-order chi connectivity index (χ1) is 10.6. The normalized spacial score (nSPS) is 17.4. The second-order valence-corrected chi connectivity index (χ2v) is 5.97. The summed E-state index contributed by atoms with van der Waals surface area (Å²) in [6.45, 7) is 8.84. The predicted octanol–water partition coefficient (Wildman–Crippen LogP) is 3.97. The van der Waals surface area contributed by atoms with Crippen LogP contribution in [0.25, 0.3) is 0 Å². The van der Waals surface area contributed by atoms with E-state index in [-0.39, 0.29) is 17.4 Å². The molecular formula is C18H26F2N2. The minimum atomic E-state index is -0.421. The summed E-state index contributed by atoms with van der Waals surface area (Å²) >= 11 is 0. The van der Waals surface area contributed by atoms with E-state index in [0.717, 1.165) is 51.9 Å². The van der Waals surface area contributed by atoms with Gasteiger partial charge in [-0.05, 0) is 37.8 Å². The summed E-state index contributed by atoms with van der Waals surface area (Å²) in [5.74, 6) is -0.803. The zero-order valence-electron chi connectivity index (χ0n) is 13.4. The summed E-state index contributed by atoms with van der Waals surface area (Å²) < 4.78 is 28.9. The van der Waals surface area contributed by atoms with E-state index in [1.807, 2.05) is 6.08 Å². The van der Waals surface area contributed by atoms with Crippen LogP contribution in [-0.4, -0.2) is 31.1 Å². The van der Waals surface area contributed by atoms with Crippen molar-refractivity contribution in [3.8, 4) is 0 Å². The van der Waals surface area contributed by atoms with Gasteiger partial charge >= 0.3 is 0 Å². The number of rotatable bonds is 7. The number of benzene rings is 1. The van der Waals surface area contributed by atoms with Crippen LogP contribution in [0, 0.1) is 18.6 Å². The van der Waals surface area contributed by atoms with Crippen molar-refractivity contribution in [1.82, 2.24) is 10.2 Å². The van der Waals surface area contributed by atoms with Gasteiger partial charge in [0.15, 0.2) is 0 Å². The highest BCUT2D eigenvalue weighted by molar-refractivity contribution is 5.29. The number of nitrogens with zero attached hydrogens (tertiary/aromatic N) is 1. The van der Waals surface area contributed by atoms with Crippen molar-refractivity contribution in [2.24, 2.45) is 0 Å². The van der Waals surface area contributed by atoms with Crippen LogP contribution in [0.3, 0.4) is 0 Å². The molecule has 0 radical (unpaired) electrons. The van der Waals surface area contributed by atoms with Crippen LogP contribution in [0.4, 0.5) is 8.78 Å². The fraction of sp³-hybridized carbons (Fsp3) is 0.556. The van der Waals surface area contributed by atoms with Gasteiger partial charge in [-0.3, -0.25) is 4.90 Å². The van der Waals surface area contributed by atoms with Gasteiger partial charge in [0.2, 0.25) is 0 Å². The Kier molecular flexibility index (Phi) is 6.52. The highest BCUT2D eigenvalue weighted by Gasteiger charge is 2.27. The number of allylic oxidation sites excluding steroid dienone is 1. The molecule has 1 heterocycles. The highest BCUT2D eigenvalue weighted by atomic mass is 19.1. The maximum Gasteiger partial charge on any atom is 0.133 e. The van der Waals surface area contributed by atoms with Crippen molar-refractivity contribution in [2.75, 3.05) is 26.2 Å². The zero-order chi connectivity index (χ0) is 15.9. The molecule has 22 heavy (non-hydrogen) atoms. The number of hydrogen-bond donors (Lipinski definition) is 1. The van der Waals surface area contributed by atoms with E-state index in [4.69, 9.17) is 0 Å². The first-order valence-electron chi connectivity index (χ1n) is 8.15. The molecule has 1 aromatic rings. The SMILES string of the molecule is C=CCCCC[C@@H](c1c(F)ccc(C)c1F)N1CCNCC1. The third-order valence-corrected chi connectivity index (χ3v) is 4.38. The molecule has 1 aromatic carbocycles.